The highest BCUT2D eigenvalue weighted by Crippen LogP contribution is 2.25. The van der Waals surface area contributed by atoms with E-state index < -0.39 is 0 Å². The van der Waals surface area contributed by atoms with Gasteiger partial charge in [0.2, 0.25) is 0 Å². The minimum Gasteiger partial charge on any atom is -0.314 e. The van der Waals surface area contributed by atoms with Crippen LogP contribution >= 0.6 is 0 Å². The number of nitrogens with zero attached hydrogens (tertiary/aromatic N) is 1. The fraction of sp³-hybridized carbons (Fsp3) is 1.00. The van der Waals surface area contributed by atoms with E-state index in [4.69, 9.17) is 0 Å². The summed E-state index contributed by atoms with van der Waals surface area (Å²) in [6.45, 7) is 4.78. The van der Waals surface area contributed by atoms with Crippen LogP contribution in [0.3, 0.4) is 0 Å². The van der Waals surface area contributed by atoms with E-state index in [0.29, 0.717) is 0 Å². The quantitative estimate of drug-likeness (QED) is 0.632. The molecule has 1 aliphatic carbocycles. The van der Waals surface area contributed by atoms with Gasteiger partial charge in [0.25, 0.3) is 0 Å². The van der Waals surface area contributed by atoms with Gasteiger partial charge in [0, 0.05) is 6.04 Å². The highest BCUT2D eigenvalue weighted by molar-refractivity contribution is 4.81. The SMILES string of the molecule is CC1CC(NCCCCN(C)C)C1. The molecule has 13 heavy (non-hydrogen) atoms. The molecular formula is C11H24N2. The van der Waals surface area contributed by atoms with Gasteiger partial charge in [0.05, 0.1) is 0 Å². The molecule has 78 valence electrons. The van der Waals surface area contributed by atoms with E-state index in [1.807, 2.05) is 0 Å². The molecule has 0 saturated heterocycles. The predicted molar refractivity (Wildman–Crippen MR) is 58.0 cm³/mol. The highest BCUT2D eigenvalue weighted by Gasteiger charge is 2.23. The molecule has 0 aliphatic heterocycles. The highest BCUT2D eigenvalue weighted by atomic mass is 15.0. The van der Waals surface area contributed by atoms with Crippen LogP contribution in [0.2, 0.25) is 0 Å². The predicted octanol–water partition coefficient (Wildman–Crippen LogP) is 1.72. The Balaban J connectivity index is 1.79. The zero-order valence-corrected chi connectivity index (χ0v) is 9.34. The fourth-order valence-electron chi connectivity index (χ4n) is 1.93. The van der Waals surface area contributed by atoms with Crippen molar-refractivity contribution >= 4 is 0 Å². The first-order valence-electron chi connectivity index (χ1n) is 5.56. The molecule has 0 radical (unpaired) electrons. The molecule has 0 amide bonds. The first-order chi connectivity index (χ1) is 6.18. The normalized spacial score (nSPS) is 27.7. The third-order valence-electron chi connectivity index (χ3n) is 2.84. The van der Waals surface area contributed by atoms with Crippen molar-refractivity contribution in [2.24, 2.45) is 5.92 Å². The molecule has 0 unspecified atom stereocenters. The van der Waals surface area contributed by atoms with Crippen molar-refractivity contribution in [3.05, 3.63) is 0 Å². The second-order valence-corrected chi connectivity index (χ2v) is 4.74. The molecule has 1 rings (SSSR count). The molecular weight excluding hydrogens is 160 g/mol. The number of hydrogen-bond donors (Lipinski definition) is 1. The Labute approximate surface area is 82.7 Å². The van der Waals surface area contributed by atoms with Crippen LogP contribution < -0.4 is 5.32 Å². The number of hydrogen-bond acceptors (Lipinski definition) is 2. The molecule has 2 nitrogen and oxygen atoms in total. The molecule has 2 heteroatoms. The molecule has 1 fully saturated rings. The van der Waals surface area contributed by atoms with E-state index in [-0.39, 0.29) is 0 Å². The lowest BCUT2D eigenvalue weighted by Crippen LogP contribution is -2.40. The van der Waals surface area contributed by atoms with Crippen LogP contribution in [-0.4, -0.2) is 38.1 Å². The van der Waals surface area contributed by atoms with Crippen molar-refractivity contribution in [2.45, 2.75) is 38.6 Å². The Hall–Kier alpha value is -0.0800. The third kappa shape index (κ3) is 4.63. The van der Waals surface area contributed by atoms with Crippen molar-refractivity contribution < 1.29 is 0 Å². The average molecular weight is 184 g/mol. The monoisotopic (exact) mass is 184 g/mol. The van der Waals surface area contributed by atoms with Crippen LogP contribution in [0.15, 0.2) is 0 Å². The maximum atomic E-state index is 3.60. The van der Waals surface area contributed by atoms with Gasteiger partial charge in [-0.05, 0) is 58.8 Å². The molecule has 1 aliphatic rings. The first kappa shape index (κ1) is 11.0. The van der Waals surface area contributed by atoms with Crippen LogP contribution in [-0.2, 0) is 0 Å². The van der Waals surface area contributed by atoms with Crippen LogP contribution in [0, 0.1) is 5.92 Å². The van der Waals surface area contributed by atoms with Gasteiger partial charge in [-0.2, -0.15) is 0 Å². The van der Waals surface area contributed by atoms with Gasteiger partial charge < -0.3 is 10.2 Å². The molecule has 0 atom stereocenters. The Kier molecular flexibility index (Phi) is 4.74. The van der Waals surface area contributed by atoms with Gasteiger partial charge in [0.1, 0.15) is 0 Å². The van der Waals surface area contributed by atoms with E-state index >= 15 is 0 Å². The average Bonchev–Trinajstić information content (AvgIpc) is 1.99. The summed E-state index contributed by atoms with van der Waals surface area (Å²) in [6.07, 6.45) is 5.44. The number of nitrogens with one attached hydrogen (secondary N) is 1. The van der Waals surface area contributed by atoms with Crippen LogP contribution in [0.5, 0.6) is 0 Å². The van der Waals surface area contributed by atoms with Gasteiger partial charge in [-0.1, -0.05) is 6.92 Å². The smallest absolute Gasteiger partial charge is 0.00721 e. The molecule has 0 aromatic rings. The zero-order valence-electron chi connectivity index (χ0n) is 9.34. The summed E-state index contributed by atoms with van der Waals surface area (Å²) in [5, 5.41) is 3.60. The van der Waals surface area contributed by atoms with Gasteiger partial charge in [-0.15, -0.1) is 0 Å². The molecule has 0 bridgehead atoms. The second kappa shape index (κ2) is 5.61. The van der Waals surface area contributed by atoms with Crippen molar-refractivity contribution in [1.82, 2.24) is 10.2 Å². The minimum absolute atomic E-state index is 0.842. The molecule has 0 aromatic heterocycles. The van der Waals surface area contributed by atoms with E-state index in [1.54, 1.807) is 0 Å². The maximum Gasteiger partial charge on any atom is 0.00721 e. The summed E-state index contributed by atoms with van der Waals surface area (Å²) in [5.74, 6) is 0.972. The first-order valence-corrected chi connectivity index (χ1v) is 5.56. The topological polar surface area (TPSA) is 15.3 Å². The Morgan fingerprint density at radius 1 is 1.23 bits per heavy atom. The fourth-order valence-corrected chi connectivity index (χ4v) is 1.93. The summed E-state index contributed by atoms with van der Waals surface area (Å²) in [7, 11) is 4.28. The summed E-state index contributed by atoms with van der Waals surface area (Å²) in [6, 6.07) is 0.842. The second-order valence-electron chi connectivity index (χ2n) is 4.74. The van der Waals surface area contributed by atoms with Gasteiger partial charge in [-0.3, -0.25) is 0 Å². The minimum atomic E-state index is 0.842. The Morgan fingerprint density at radius 3 is 2.46 bits per heavy atom. The van der Waals surface area contributed by atoms with Gasteiger partial charge >= 0.3 is 0 Å². The van der Waals surface area contributed by atoms with Crippen LogP contribution in [0.25, 0.3) is 0 Å². The maximum absolute atomic E-state index is 3.60. The molecule has 0 spiro atoms. The van der Waals surface area contributed by atoms with Crippen molar-refractivity contribution in [2.75, 3.05) is 27.2 Å². The largest absolute Gasteiger partial charge is 0.314 e. The van der Waals surface area contributed by atoms with Gasteiger partial charge in [0.15, 0.2) is 0 Å². The van der Waals surface area contributed by atoms with Crippen molar-refractivity contribution in [3.8, 4) is 0 Å². The van der Waals surface area contributed by atoms with Crippen LogP contribution in [0.4, 0.5) is 0 Å². The summed E-state index contributed by atoms with van der Waals surface area (Å²) < 4.78 is 0. The van der Waals surface area contributed by atoms with E-state index in [2.05, 4.69) is 31.2 Å². The summed E-state index contributed by atoms with van der Waals surface area (Å²) in [4.78, 5) is 2.26. The zero-order chi connectivity index (χ0) is 9.68. The van der Waals surface area contributed by atoms with Crippen molar-refractivity contribution in [1.29, 1.82) is 0 Å². The molecule has 1 saturated carbocycles. The van der Waals surface area contributed by atoms with Crippen molar-refractivity contribution in [3.63, 3.8) is 0 Å². The standard InChI is InChI=1S/C11H24N2/c1-10-8-11(9-10)12-6-4-5-7-13(2)3/h10-12H,4-9H2,1-3H3. The number of unbranched alkanes of at least 4 members (excludes halogenated alkanes) is 1. The third-order valence-corrected chi connectivity index (χ3v) is 2.84. The lowest BCUT2D eigenvalue weighted by molar-refractivity contribution is 0.240. The number of rotatable bonds is 6. The van der Waals surface area contributed by atoms with E-state index in [1.165, 1.54) is 38.8 Å². The van der Waals surface area contributed by atoms with Gasteiger partial charge in [-0.25, -0.2) is 0 Å². The van der Waals surface area contributed by atoms with E-state index in [9.17, 15) is 0 Å². The van der Waals surface area contributed by atoms with E-state index in [0.717, 1.165) is 12.0 Å². The van der Waals surface area contributed by atoms with Crippen LogP contribution in [0.1, 0.15) is 32.6 Å². The summed E-state index contributed by atoms with van der Waals surface area (Å²) in [5.41, 5.74) is 0. The Morgan fingerprint density at radius 2 is 1.92 bits per heavy atom. The summed E-state index contributed by atoms with van der Waals surface area (Å²) >= 11 is 0. The molecule has 0 aromatic carbocycles. The lowest BCUT2D eigenvalue weighted by Gasteiger charge is -2.33. The molecule has 0 heterocycles. The molecule has 1 N–H and O–H groups in total. The lowest BCUT2D eigenvalue weighted by atomic mass is 9.82. The Bertz CT molecular complexity index is 128.